The molecule has 2 atom stereocenters. The predicted octanol–water partition coefficient (Wildman–Crippen LogP) is 11.6. The first-order valence-corrected chi connectivity index (χ1v) is 22.5. The molecule has 0 fully saturated rings. The number of phosphoric ester groups is 1. The van der Waals surface area contributed by atoms with E-state index in [1.807, 2.05) is 21.1 Å². The molecule has 0 amide bonds. The SMILES string of the molecule is CCCCCCCC/C=C\CCCCCCOC(=O)OC[C@H](COP(=O)(O)OCC[N+](C)(C)C)OC(=O)CCCCCCCCCCCCCCC. The lowest BCUT2D eigenvalue weighted by Gasteiger charge is -2.24. The molecule has 308 valence electrons. The Kier molecular flexibility index (Phi) is 34.3. The zero-order valence-electron chi connectivity index (χ0n) is 34.3. The summed E-state index contributed by atoms with van der Waals surface area (Å²) >= 11 is 0. The summed E-state index contributed by atoms with van der Waals surface area (Å²) in [6.45, 7) is 4.42. The number of hydrogen-bond acceptors (Lipinski definition) is 8. The van der Waals surface area contributed by atoms with Crippen molar-refractivity contribution in [2.24, 2.45) is 0 Å². The number of quaternary nitrogens is 1. The summed E-state index contributed by atoms with van der Waals surface area (Å²) < 4.78 is 39.1. The number of carbonyl (C=O) groups excluding carboxylic acids is 2. The number of hydrogen-bond donors (Lipinski definition) is 1. The highest BCUT2D eigenvalue weighted by Gasteiger charge is 2.27. The van der Waals surface area contributed by atoms with E-state index >= 15 is 0 Å². The van der Waals surface area contributed by atoms with E-state index in [-0.39, 0.29) is 26.2 Å². The lowest BCUT2D eigenvalue weighted by molar-refractivity contribution is -0.870. The van der Waals surface area contributed by atoms with Gasteiger partial charge in [0.25, 0.3) is 0 Å². The van der Waals surface area contributed by atoms with Crippen molar-refractivity contribution >= 4 is 19.9 Å². The number of allylic oxidation sites excluding steroid dienone is 2. The van der Waals surface area contributed by atoms with Gasteiger partial charge < -0.3 is 23.6 Å². The van der Waals surface area contributed by atoms with E-state index in [0.29, 0.717) is 17.4 Å². The van der Waals surface area contributed by atoms with E-state index in [0.717, 1.165) is 57.8 Å². The third-order valence-corrected chi connectivity index (χ3v) is 9.97. The van der Waals surface area contributed by atoms with Crippen LogP contribution in [0.25, 0.3) is 0 Å². The number of carbonyl (C=O) groups is 2. The van der Waals surface area contributed by atoms with Gasteiger partial charge in [-0.05, 0) is 38.5 Å². The number of ether oxygens (including phenoxy) is 3. The largest absolute Gasteiger partial charge is 0.508 e. The average Bonchev–Trinajstić information content (AvgIpc) is 3.09. The molecule has 11 heteroatoms. The summed E-state index contributed by atoms with van der Waals surface area (Å²) in [5.74, 6) is -0.468. The lowest BCUT2D eigenvalue weighted by atomic mass is 10.0. The van der Waals surface area contributed by atoms with E-state index in [1.54, 1.807) is 0 Å². The van der Waals surface area contributed by atoms with E-state index in [9.17, 15) is 19.0 Å². The zero-order chi connectivity index (χ0) is 38.6. The number of nitrogens with zero attached hydrogens (tertiary/aromatic N) is 1. The average molecular weight is 763 g/mol. The minimum absolute atomic E-state index is 0.0135. The van der Waals surface area contributed by atoms with Crippen molar-refractivity contribution < 1.29 is 46.8 Å². The summed E-state index contributed by atoms with van der Waals surface area (Å²) in [6, 6.07) is 0. The molecule has 0 heterocycles. The minimum Gasteiger partial charge on any atom is -0.456 e. The Hall–Kier alpha value is -1.45. The molecular formula is C41H81NO9P+. The summed E-state index contributed by atoms with van der Waals surface area (Å²) in [4.78, 5) is 35.0. The molecule has 52 heavy (non-hydrogen) atoms. The molecule has 0 aliphatic carbocycles. The number of esters is 1. The second kappa shape index (κ2) is 35.3. The topological polar surface area (TPSA) is 118 Å². The van der Waals surface area contributed by atoms with Gasteiger partial charge in [-0.15, -0.1) is 0 Å². The van der Waals surface area contributed by atoms with Gasteiger partial charge in [0.05, 0.1) is 34.4 Å². The van der Waals surface area contributed by atoms with Crippen LogP contribution in [0.15, 0.2) is 12.2 Å². The van der Waals surface area contributed by atoms with Gasteiger partial charge in [0, 0.05) is 6.42 Å². The Morgan fingerprint density at radius 2 is 1.06 bits per heavy atom. The molecule has 0 aliphatic heterocycles. The van der Waals surface area contributed by atoms with Crippen molar-refractivity contribution in [2.75, 3.05) is 54.1 Å². The lowest BCUT2D eigenvalue weighted by Crippen LogP contribution is -2.37. The van der Waals surface area contributed by atoms with Crippen molar-refractivity contribution in [3.8, 4) is 0 Å². The van der Waals surface area contributed by atoms with Crippen molar-refractivity contribution in [1.82, 2.24) is 0 Å². The standard InChI is InChI=1S/C41H80NO9P/c1-6-8-10-12-14-16-18-20-22-24-26-28-30-32-35-47-41(44)48-37-39(38-50-52(45,46)49-36-34-42(3,4)5)51-40(43)33-31-29-27-25-23-21-19-17-15-13-11-9-7-2/h20,22,39H,6-19,21,23-38H2,1-5H3/p+1/b22-20-/t39-/m1/s1. The number of phosphoric acid groups is 1. The normalized spacial score (nSPS) is 13.7. The highest BCUT2D eigenvalue weighted by molar-refractivity contribution is 7.47. The van der Waals surface area contributed by atoms with Crippen LogP contribution in [0.2, 0.25) is 0 Å². The Morgan fingerprint density at radius 3 is 1.56 bits per heavy atom. The van der Waals surface area contributed by atoms with Gasteiger partial charge in [0.2, 0.25) is 0 Å². The summed E-state index contributed by atoms with van der Waals surface area (Å²) in [5, 5.41) is 0. The molecule has 0 radical (unpaired) electrons. The summed E-state index contributed by atoms with van der Waals surface area (Å²) in [5.41, 5.74) is 0. The minimum atomic E-state index is -4.40. The monoisotopic (exact) mass is 763 g/mol. The smallest absolute Gasteiger partial charge is 0.456 e. The van der Waals surface area contributed by atoms with Crippen LogP contribution in [-0.4, -0.2) is 81.7 Å². The van der Waals surface area contributed by atoms with Crippen LogP contribution in [-0.2, 0) is 32.6 Å². The third kappa shape index (κ3) is 38.3. The molecule has 0 aromatic heterocycles. The Morgan fingerprint density at radius 1 is 0.596 bits per heavy atom. The number of likely N-dealkylation sites (N-methyl/N-ethyl adjacent to an activating group) is 1. The molecule has 0 bridgehead atoms. The maximum atomic E-state index is 12.6. The maximum absolute atomic E-state index is 12.6. The Balaban J connectivity index is 4.37. The molecule has 0 aromatic carbocycles. The van der Waals surface area contributed by atoms with Crippen LogP contribution < -0.4 is 0 Å². The van der Waals surface area contributed by atoms with Crippen LogP contribution in [0, 0.1) is 0 Å². The summed E-state index contributed by atoms with van der Waals surface area (Å²) in [7, 11) is 1.41. The van der Waals surface area contributed by atoms with E-state index in [4.69, 9.17) is 23.3 Å². The zero-order valence-corrected chi connectivity index (χ0v) is 35.2. The fourth-order valence-electron chi connectivity index (χ4n) is 5.65. The highest BCUT2D eigenvalue weighted by atomic mass is 31.2. The van der Waals surface area contributed by atoms with Gasteiger partial charge in [0.15, 0.2) is 6.10 Å². The van der Waals surface area contributed by atoms with Crippen LogP contribution in [0.5, 0.6) is 0 Å². The second-order valence-corrected chi connectivity index (χ2v) is 16.8. The second-order valence-electron chi connectivity index (χ2n) is 15.4. The van der Waals surface area contributed by atoms with Crippen LogP contribution in [0.1, 0.15) is 181 Å². The molecule has 1 N–H and O–H groups in total. The molecular weight excluding hydrogens is 681 g/mol. The third-order valence-electron chi connectivity index (χ3n) is 8.99. The van der Waals surface area contributed by atoms with Crippen molar-refractivity contribution in [2.45, 2.75) is 187 Å². The van der Waals surface area contributed by atoms with E-state index in [2.05, 4.69) is 26.0 Å². The molecule has 1 unspecified atom stereocenters. The van der Waals surface area contributed by atoms with Gasteiger partial charge in [-0.3, -0.25) is 13.8 Å². The first-order valence-electron chi connectivity index (χ1n) is 21.1. The predicted molar refractivity (Wildman–Crippen MR) is 212 cm³/mol. The Bertz CT molecular complexity index is 909. The first kappa shape index (κ1) is 50.5. The van der Waals surface area contributed by atoms with Crippen LogP contribution in [0.4, 0.5) is 4.79 Å². The molecule has 10 nitrogen and oxygen atoms in total. The first-order chi connectivity index (χ1) is 25.0. The molecule has 0 aromatic rings. The maximum Gasteiger partial charge on any atom is 0.508 e. The van der Waals surface area contributed by atoms with Gasteiger partial charge in [-0.2, -0.15) is 0 Å². The van der Waals surface area contributed by atoms with E-state index < -0.39 is 32.7 Å². The highest BCUT2D eigenvalue weighted by Crippen LogP contribution is 2.43. The fourth-order valence-corrected chi connectivity index (χ4v) is 6.39. The van der Waals surface area contributed by atoms with Gasteiger partial charge in [-0.1, -0.05) is 148 Å². The van der Waals surface area contributed by atoms with Crippen molar-refractivity contribution in [1.29, 1.82) is 0 Å². The number of rotatable bonds is 38. The van der Waals surface area contributed by atoms with Gasteiger partial charge in [-0.25, -0.2) is 9.36 Å². The van der Waals surface area contributed by atoms with E-state index in [1.165, 1.54) is 96.3 Å². The molecule has 0 rings (SSSR count). The number of unbranched alkanes of at least 4 members (excludes halogenated alkanes) is 22. The fraction of sp³-hybridized carbons (Fsp3) is 0.902. The molecule has 0 aliphatic rings. The molecule has 0 saturated heterocycles. The van der Waals surface area contributed by atoms with Gasteiger partial charge in [0.1, 0.15) is 19.8 Å². The van der Waals surface area contributed by atoms with Crippen LogP contribution >= 0.6 is 7.82 Å². The van der Waals surface area contributed by atoms with Gasteiger partial charge >= 0.3 is 19.9 Å². The molecule has 0 spiro atoms. The molecule has 0 saturated carbocycles. The van der Waals surface area contributed by atoms with Crippen molar-refractivity contribution in [3.05, 3.63) is 12.2 Å². The summed E-state index contributed by atoms with van der Waals surface area (Å²) in [6.07, 6.45) is 32.5. The Labute approximate surface area is 319 Å². The quantitative estimate of drug-likeness (QED) is 0.0216. The van der Waals surface area contributed by atoms with Crippen LogP contribution in [0.3, 0.4) is 0 Å². The van der Waals surface area contributed by atoms with Crippen molar-refractivity contribution in [3.63, 3.8) is 0 Å².